The molecule has 1 amide bonds. The van der Waals surface area contributed by atoms with E-state index >= 15 is 0 Å². The van der Waals surface area contributed by atoms with Gasteiger partial charge in [-0.25, -0.2) is 0 Å². The van der Waals surface area contributed by atoms with E-state index in [-0.39, 0.29) is 11.9 Å². The number of nitrogens with zero attached hydrogens (tertiary/aromatic N) is 2. The summed E-state index contributed by atoms with van der Waals surface area (Å²) in [5.41, 5.74) is 2.60. The van der Waals surface area contributed by atoms with E-state index in [1.807, 2.05) is 4.90 Å². The van der Waals surface area contributed by atoms with Crippen molar-refractivity contribution in [1.29, 1.82) is 0 Å². The van der Waals surface area contributed by atoms with Crippen molar-refractivity contribution in [2.75, 3.05) is 31.9 Å². The Kier molecular flexibility index (Phi) is 6.75. The second-order valence-corrected chi connectivity index (χ2v) is 9.49. The first-order valence-electron chi connectivity index (χ1n) is 11.5. The van der Waals surface area contributed by atoms with Crippen molar-refractivity contribution in [3.8, 4) is 0 Å². The summed E-state index contributed by atoms with van der Waals surface area (Å²) in [7, 11) is 0. The molecule has 0 atom stereocenters. The van der Waals surface area contributed by atoms with Crippen molar-refractivity contribution < 1.29 is 4.79 Å². The fourth-order valence-electron chi connectivity index (χ4n) is 4.61. The van der Waals surface area contributed by atoms with E-state index in [9.17, 15) is 4.79 Å². The molecule has 0 spiro atoms. The SMILES string of the molecule is O=C(CSc1ccc2ccccc2c1)N1CCN(C(c2ccccc2)c2ccccc2)CC1. The maximum absolute atomic E-state index is 12.9. The summed E-state index contributed by atoms with van der Waals surface area (Å²) in [4.78, 5) is 18.6. The zero-order valence-electron chi connectivity index (χ0n) is 18.6. The van der Waals surface area contributed by atoms with E-state index < -0.39 is 0 Å². The highest BCUT2D eigenvalue weighted by Crippen LogP contribution is 2.30. The van der Waals surface area contributed by atoms with Crippen molar-refractivity contribution >= 4 is 28.4 Å². The number of fused-ring (bicyclic) bond motifs is 1. The van der Waals surface area contributed by atoms with E-state index in [1.165, 1.54) is 21.9 Å². The maximum Gasteiger partial charge on any atom is 0.233 e. The zero-order chi connectivity index (χ0) is 22.5. The molecule has 1 heterocycles. The van der Waals surface area contributed by atoms with Crippen LogP contribution in [-0.2, 0) is 4.79 Å². The monoisotopic (exact) mass is 452 g/mol. The number of thioether (sulfide) groups is 1. The lowest BCUT2D eigenvalue weighted by Gasteiger charge is -2.39. The lowest BCUT2D eigenvalue weighted by Crippen LogP contribution is -2.50. The molecule has 1 aliphatic rings. The van der Waals surface area contributed by atoms with Crippen molar-refractivity contribution in [3.05, 3.63) is 114 Å². The number of piperazine rings is 1. The Morgan fingerprint density at radius 1 is 0.697 bits per heavy atom. The molecule has 0 bridgehead atoms. The van der Waals surface area contributed by atoms with Crippen LogP contribution in [-0.4, -0.2) is 47.6 Å². The number of carbonyl (C=O) groups excluding carboxylic acids is 1. The number of benzene rings is 4. The molecule has 0 saturated carbocycles. The molecule has 4 aromatic rings. The molecule has 4 heteroatoms. The van der Waals surface area contributed by atoms with E-state index in [0.717, 1.165) is 31.1 Å². The molecule has 0 radical (unpaired) electrons. The first-order chi connectivity index (χ1) is 16.3. The second kappa shape index (κ2) is 10.2. The van der Waals surface area contributed by atoms with Gasteiger partial charge in [-0.05, 0) is 34.0 Å². The van der Waals surface area contributed by atoms with Crippen LogP contribution in [0.2, 0.25) is 0 Å². The van der Waals surface area contributed by atoms with E-state index in [2.05, 4.69) is 108 Å². The summed E-state index contributed by atoms with van der Waals surface area (Å²) in [6.45, 7) is 3.29. The summed E-state index contributed by atoms with van der Waals surface area (Å²) < 4.78 is 0. The highest BCUT2D eigenvalue weighted by molar-refractivity contribution is 8.00. The minimum absolute atomic E-state index is 0.219. The second-order valence-electron chi connectivity index (χ2n) is 8.44. The maximum atomic E-state index is 12.9. The van der Waals surface area contributed by atoms with Crippen LogP contribution in [0.4, 0.5) is 0 Å². The van der Waals surface area contributed by atoms with Crippen LogP contribution in [0, 0.1) is 0 Å². The molecular formula is C29H28N2OS. The third kappa shape index (κ3) is 5.13. The van der Waals surface area contributed by atoms with Gasteiger partial charge >= 0.3 is 0 Å². The Morgan fingerprint density at radius 2 is 1.27 bits per heavy atom. The molecule has 0 N–H and O–H groups in total. The van der Waals surface area contributed by atoms with Crippen LogP contribution < -0.4 is 0 Å². The van der Waals surface area contributed by atoms with Gasteiger partial charge in [0.25, 0.3) is 0 Å². The van der Waals surface area contributed by atoms with Crippen molar-refractivity contribution in [2.45, 2.75) is 10.9 Å². The van der Waals surface area contributed by atoms with Crippen LogP contribution in [0.25, 0.3) is 10.8 Å². The summed E-state index contributed by atoms with van der Waals surface area (Å²) in [6, 6.07) is 36.4. The number of amides is 1. The van der Waals surface area contributed by atoms with Gasteiger partial charge in [0.1, 0.15) is 0 Å². The van der Waals surface area contributed by atoms with Gasteiger partial charge in [0.2, 0.25) is 5.91 Å². The molecule has 4 aromatic carbocycles. The Bertz CT molecular complexity index is 1160. The lowest BCUT2D eigenvalue weighted by molar-refractivity contribution is -0.130. The van der Waals surface area contributed by atoms with E-state index in [1.54, 1.807) is 11.8 Å². The minimum Gasteiger partial charge on any atom is -0.339 e. The Morgan fingerprint density at radius 3 is 1.91 bits per heavy atom. The number of hydrogen-bond acceptors (Lipinski definition) is 3. The Balaban J connectivity index is 1.21. The summed E-state index contributed by atoms with van der Waals surface area (Å²) >= 11 is 1.63. The van der Waals surface area contributed by atoms with Crippen LogP contribution in [0.15, 0.2) is 108 Å². The van der Waals surface area contributed by atoms with Gasteiger partial charge in [0, 0.05) is 31.1 Å². The van der Waals surface area contributed by atoms with Gasteiger partial charge < -0.3 is 4.90 Å². The fourth-order valence-corrected chi connectivity index (χ4v) is 5.46. The number of rotatable bonds is 6. The Hall–Kier alpha value is -3.08. The topological polar surface area (TPSA) is 23.6 Å². The molecule has 5 rings (SSSR count). The van der Waals surface area contributed by atoms with E-state index in [0.29, 0.717) is 5.75 Å². The average Bonchev–Trinajstić information content (AvgIpc) is 2.89. The average molecular weight is 453 g/mol. The summed E-state index contributed by atoms with van der Waals surface area (Å²) in [5.74, 6) is 0.711. The molecular weight excluding hydrogens is 424 g/mol. The zero-order valence-corrected chi connectivity index (χ0v) is 19.5. The third-order valence-electron chi connectivity index (χ3n) is 6.35. The van der Waals surface area contributed by atoms with Crippen LogP contribution in [0.5, 0.6) is 0 Å². The lowest BCUT2D eigenvalue weighted by atomic mass is 9.96. The minimum atomic E-state index is 0.219. The van der Waals surface area contributed by atoms with Crippen LogP contribution in [0.1, 0.15) is 17.2 Å². The standard InChI is InChI=1S/C29H28N2OS/c32-28(22-33-27-16-15-23-9-7-8-14-26(23)21-27)30-17-19-31(20-18-30)29(24-10-3-1-4-11-24)25-12-5-2-6-13-25/h1-16,21,29H,17-20,22H2. The summed E-state index contributed by atoms with van der Waals surface area (Å²) in [5, 5.41) is 2.45. The van der Waals surface area contributed by atoms with Crippen LogP contribution >= 0.6 is 11.8 Å². The molecule has 33 heavy (non-hydrogen) atoms. The first-order valence-corrected chi connectivity index (χ1v) is 12.5. The highest BCUT2D eigenvalue weighted by atomic mass is 32.2. The van der Waals surface area contributed by atoms with E-state index in [4.69, 9.17) is 0 Å². The Labute approximate surface area is 200 Å². The van der Waals surface area contributed by atoms with Crippen LogP contribution in [0.3, 0.4) is 0 Å². The van der Waals surface area contributed by atoms with Gasteiger partial charge in [-0.1, -0.05) is 91.0 Å². The third-order valence-corrected chi connectivity index (χ3v) is 7.32. The molecule has 166 valence electrons. The number of hydrogen-bond donors (Lipinski definition) is 0. The predicted octanol–water partition coefficient (Wildman–Crippen LogP) is 5.87. The van der Waals surface area contributed by atoms with Crippen molar-refractivity contribution in [1.82, 2.24) is 9.80 Å². The fraction of sp³-hybridized carbons (Fsp3) is 0.207. The normalized spacial score (nSPS) is 14.6. The van der Waals surface area contributed by atoms with Gasteiger partial charge in [0.05, 0.1) is 11.8 Å². The van der Waals surface area contributed by atoms with Gasteiger partial charge in [0.15, 0.2) is 0 Å². The van der Waals surface area contributed by atoms with Crippen molar-refractivity contribution in [2.24, 2.45) is 0 Å². The molecule has 1 saturated heterocycles. The number of carbonyl (C=O) groups is 1. The van der Waals surface area contributed by atoms with Gasteiger partial charge in [-0.3, -0.25) is 9.69 Å². The predicted molar refractivity (Wildman–Crippen MR) is 138 cm³/mol. The van der Waals surface area contributed by atoms with Gasteiger partial charge in [-0.15, -0.1) is 11.8 Å². The molecule has 1 aliphatic heterocycles. The molecule has 0 aromatic heterocycles. The molecule has 1 fully saturated rings. The summed E-state index contributed by atoms with van der Waals surface area (Å²) in [6.07, 6.45) is 0. The quantitative estimate of drug-likeness (QED) is 0.342. The smallest absolute Gasteiger partial charge is 0.233 e. The molecule has 3 nitrogen and oxygen atoms in total. The van der Waals surface area contributed by atoms with Gasteiger partial charge in [-0.2, -0.15) is 0 Å². The molecule has 0 aliphatic carbocycles. The molecule has 0 unspecified atom stereocenters. The highest BCUT2D eigenvalue weighted by Gasteiger charge is 2.28. The first kappa shape index (κ1) is 21.7. The van der Waals surface area contributed by atoms with Crippen molar-refractivity contribution in [3.63, 3.8) is 0 Å². The largest absolute Gasteiger partial charge is 0.339 e.